The largest absolute Gasteiger partial charge is 0.326 e. The van der Waals surface area contributed by atoms with Crippen LogP contribution in [0.2, 0.25) is 0 Å². The number of aryl methyl sites for hydroxylation is 1. The second-order valence-corrected chi connectivity index (χ2v) is 3.31. The van der Waals surface area contributed by atoms with E-state index in [2.05, 4.69) is 5.32 Å². The minimum absolute atomic E-state index is 0.129. The summed E-state index contributed by atoms with van der Waals surface area (Å²) in [6.45, 7) is 5.27. The molecule has 0 unspecified atom stereocenters. The quantitative estimate of drug-likeness (QED) is 0.727. The molecule has 1 aromatic carbocycles. The van der Waals surface area contributed by atoms with Gasteiger partial charge in [-0.25, -0.2) is 0 Å². The van der Waals surface area contributed by atoms with Crippen molar-refractivity contribution in [3.63, 3.8) is 0 Å². The van der Waals surface area contributed by atoms with E-state index in [0.29, 0.717) is 11.3 Å². The van der Waals surface area contributed by atoms with Crippen LogP contribution >= 0.6 is 0 Å². The van der Waals surface area contributed by atoms with E-state index < -0.39 is 0 Å². The van der Waals surface area contributed by atoms with Gasteiger partial charge in [-0.3, -0.25) is 9.59 Å². The van der Waals surface area contributed by atoms with Crippen molar-refractivity contribution in [1.82, 2.24) is 0 Å². The standard InChI is InChI=1S/C11H13NO2/c1-7-4-10(6-13)5-11(8(7)2)12-9(3)14/h4-6H,1-3H3,(H,12,14). The summed E-state index contributed by atoms with van der Waals surface area (Å²) in [7, 11) is 0. The van der Waals surface area contributed by atoms with Gasteiger partial charge in [-0.2, -0.15) is 0 Å². The van der Waals surface area contributed by atoms with Gasteiger partial charge in [0.1, 0.15) is 6.29 Å². The van der Waals surface area contributed by atoms with Crippen LogP contribution in [0.4, 0.5) is 5.69 Å². The molecule has 1 amide bonds. The van der Waals surface area contributed by atoms with Gasteiger partial charge < -0.3 is 5.32 Å². The predicted molar refractivity (Wildman–Crippen MR) is 55.6 cm³/mol. The van der Waals surface area contributed by atoms with Crippen LogP contribution in [0.3, 0.4) is 0 Å². The lowest BCUT2D eigenvalue weighted by molar-refractivity contribution is -0.114. The Kier molecular flexibility index (Phi) is 3.02. The van der Waals surface area contributed by atoms with Gasteiger partial charge in [0, 0.05) is 18.2 Å². The number of aldehydes is 1. The van der Waals surface area contributed by atoms with E-state index in [4.69, 9.17) is 0 Å². The zero-order valence-electron chi connectivity index (χ0n) is 8.55. The lowest BCUT2D eigenvalue weighted by Crippen LogP contribution is -2.08. The van der Waals surface area contributed by atoms with Gasteiger partial charge >= 0.3 is 0 Å². The number of hydrogen-bond acceptors (Lipinski definition) is 2. The van der Waals surface area contributed by atoms with Crippen molar-refractivity contribution in [1.29, 1.82) is 0 Å². The Morgan fingerprint density at radius 1 is 1.36 bits per heavy atom. The fourth-order valence-corrected chi connectivity index (χ4v) is 1.27. The molecule has 74 valence electrons. The summed E-state index contributed by atoms with van der Waals surface area (Å²) in [6.07, 6.45) is 0.776. The second kappa shape index (κ2) is 4.05. The highest BCUT2D eigenvalue weighted by molar-refractivity contribution is 5.91. The van der Waals surface area contributed by atoms with Crippen LogP contribution in [0.15, 0.2) is 12.1 Å². The zero-order valence-corrected chi connectivity index (χ0v) is 8.55. The van der Waals surface area contributed by atoms with E-state index in [1.807, 2.05) is 13.8 Å². The molecule has 0 heterocycles. The molecule has 1 N–H and O–H groups in total. The topological polar surface area (TPSA) is 46.2 Å². The molecule has 3 heteroatoms. The van der Waals surface area contributed by atoms with Gasteiger partial charge in [-0.1, -0.05) is 0 Å². The van der Waals surface area contributed by atoms with Crippen LogP contribution in [0.1, 0.15) is 28.4 Å². The average Bonchev–Trinajstić information content (AvgIpc) is 2.11. The van der Waals surface area contributed by atoms with E-state index in [1.54, 1.807) is 12.1 Å². The molecule has 14 heavy (non-hydrogen) atoms. The van der Waals surface area contributed by atoms with Gasteiger partial charge in [0.05, 0.1) is 0 Å². The van der Waals surface area contributed by atoms with Crippen molar-refractivity contribution in [2.45, 2.75) is 20.8 Å². The number of carbonyl (C=O) groups excluding carboxylic acids is 2. The number of nitrogens with one attached hydrogen (secondary N) is 1. The lowest BCUT2D eigenvalue weighted by Gasteiger charge is -2.09. The van der Waals surface area contributed by atoms with Crippen molar-refractivity contribution >= 4 is 17.9 Å². The maximum Gasteiger partial charge on any atom is 0.221 e. The molecule has 0 aliphatic rings. The Hall–Kier alpha value is -1.64. The molecule has 0 aliphatic carbocycles. The first-order valence-corrected chi connectivity index (χ1v) is 4.38. The molecule has 0 atom stereocenters. The van der Waals surface area contributed by atoms with Crippen LogP contribution < -0.4 is 5.32 Å². The minimum atomic E-state index is -0.129. The number of rotatable bonds is 2. The summed E-state index contributed by atoms with van der Waals surface area (Å²) >= 11 is 0. The zero-order chi connectivity index (χ0) is 10.7. The maximum atomic E-state index is 10.9. The number of carbonyl (C=O) groups is 2. The third kappa shape index (κ3) is 2.19. The molecule has 1 aromatic rings. The van der Waals surface area contributed by atoms with Crippen LogP contribution in [-0.2, 0) is 4.79 Å². The average molecular weight is 191 g/mol. The first-order chi connectivity index (χ1) is 6.54. The van der Waals surface area contributed by atoms with Crippen LogP contribution in [0.5, 0.6) is 0 Å². The molecule has 0 radical (unpaired) electrons. The SMILES string of the molecule is CC(=O)Nc1cc(C=O)cc(C)c1C. The number of amides is 1. The molecular formula is C11H13NO2. The van der Waals surface area contributed by atoms with E-state index >= 15 is 0 Å². The second-order valence-electron chi connectivity index (χ2n) is 3.31. The Bertz CT molecular complexity index is 383. The normalized spacial score (nSPS) is 9.64. The molecule has 0 saturated heterocycles. The molecule has 0 spiro atoms. The van der Waals surface area contributed by atoms with Crippen LogP contribution in [-0.4, -0.2) is 12.2 Å². The Morgan fingerprint density at radius 3 is 2.50 bits per heavy atom. The number of anilines is 1. The summed E-state index contributed by atoms with van der Waals surface area (Å²) in [5.74, 6) is -0.129. The molecule has 0 fully saturated rings. The lowest BCUT2D eigenvalue weighted by atomic mass is 10.0. The highest BCUT2D eigenvalue weighted by atomic mass is 16.1. The van der Waals surface area contributed by atoms with Crippen LogP contribution in [0.25, 0.3) is 0 Å². The molecule has 0 saturated carbocycles. The van der Waals surface area contributed by atoms with E-state index in [1.165, 1.54) is 6.92 Å². The van der Waals surface area contributed by atoms with E-state index in [-0.39, 0.29) is 5.91 Å². The van der Waals surface area contributed by atoms with E-state index in [0.717, 1.165) is 17.4 Å². The van der Waals surface area contributed by atoms with Crippen molar-refractivity contribution in [2.75, 3.05) is 5.32 Å². The Labute approximate surface area is 83.1 Å². The summed E-state index contributed by atoms with van der Waals surface area (Å²) in [5.41, 5.74) is 3.28. The molecule has 0 aliphatic heterocycles. The smallest absolute Gasteiger partial charge is 0.221 e. The first-order valence-electron chi connectivity index (χ1n) is 4.38. The van der Waals surface area contributed by atoms with Crippen molar-refractivity contribution in [3.05, 3.63) is 28.8 Å². The summed E-state index contributed by atoms with van der Waals surface area (Å²) in [4.78, 5) is 21.5. The molecule has 3 nitrogen and oxygen atoms in total. The summed E-state index contributed by atoms with van der Waals surface area (Å²) in [5, 5.41) is 2.69. The van der Waals surface area contributed by atoms with Crippen molar-refractivity contribution < 1.29 is 9.59 Å². The Balaban J connectivity index is 3.19. The maximum absolute atomic E-state index is 10.9. The highest BCUT2D eigenvalue weighted by Gasteiger charge is 2.04. The highest BCUT2D eigenvalue weighted by Crippen LogP contribution is 2.20. The number of hydrogen-bond donors (Lipinski definition) is 1. The molecule has 0 bridgehead atoms. The molecular weight excluding hydrogens is 178 g/mol. The third-order valence-electron chi connectivity index (χ3n) is 2.14. The van der Waals surface area contributed by atoms with Gasteiger partial charge in [-0.05, 0) is 37.1 Å². The van der Waals surface area contributed by atoms with Crippen molar-refractivity contribution in [2.24, 2.45) is 0 Å². The fraction of sp³-hybridized carbons (Fsp3) is 0.273. The third-order valence-corrected chi connectivity index (χ3v) is 2.14. The van der Waals surface area contributed by atoms with Gasteiger partial charge in [0.25, 0.3) is 0 Å². The fourth-order valence-electron chi connectivity index (χ4n) is 1.27. The van der Waals surface area contributed by atoms with Crippen LogP contribution in [0, 0.1) is 13.8 Å². The molecule has 1 rings (SSSR count). The first kappa shape index (κ1) is 10.4. The van der Waals surface area contributed by atoms with Crippen molar-refractivity contribution in [3.8, 4) is 0 Å². The predicted octanol–water partition coefficient (Wildman–Crippen LogP) is 2.07. The van der Waals surface area contributed by atoms with Gasteiger partial charge in [0.15, 0.2) is 0 Å². The summed E-state index contributed by atoms with van der Waals surface area (Å²) < 4.78 is 0. The minimum Gasteiger partial charge on any atom is -0.326 e. The van der Waals surface area contributed by atoms with Gasteiger partial charge in [-0.15, -0.1) is 0 Å². The summed E-state index contributed by atoms with van der Waals surface area (Å²) in [6, 6.07) is 3.48. The van der Waals surface area contributed by atoms with Gasteiger partial charge in [0.2, 0.25) is 5.91 Å². The molecule has 0 aromatic heterocycles. The Morgan fingerprint density at radius 2 is 2.00 bits per heavy atom. The monoisotopic (exact) mass is 191 g/mol. The number of benzene rings is 1. The van der Waals surface area contributed by atoms with E-state index in [9.17, 15) is 9.59 Å².